The average molecular weight is 305 g/mol. The van der Waals surface area contributed by atoms with Gasteiger partial charge in [0.25, 0.3) is 0 Å². The van der Waals surface area contributed by atoms with E-state index in [-0.39, 0.29) is 11.9 Å². The first-order chi connectivity index (χ1) is 10.2. The van der Waals surface area contributed by atoms with Crippen molar-refractivity contribution in [2.75, 3.05) is 5.75 Å². The Balaban J connectivity index is 1.78. The smallest absolute Gasteiger partial charge is 0.221 e. The number of thioether (sulfide) groups is 1. The van der Waals surface area contributed by atoms with Gasteiger partial charge in [0.2, 0.25) is 5.91 Å². The van der Waals surface area contributed by atoms with E-state index >= 15 is 0 Å². The normalized spacial score (nSPS) is 12.1. The van der Waals surface area contributed by atoms with Gasteiger partial charge in [0.15, 0.2) is 5.82 Å². The van der Waals surface area contributed by atoms with E-state index in [4.69, 9.17) is 0 Å². The average Bonchev–Trinajstić information content (AvgIpc) is 2.92. The van der Waals surface area contributed by atoms with E-state index in [9.17, 15) is 4.79 Å². The van der Waals surface area contributed by atoms with E-state index in [1.165, 1.54) is 0 Å². The van der Waals surface area contributed by atoms with Gasteiger partial charge < -0.3 is 5.32 Å². The minimum Gasteiger partial charge on any atom is -0.346 e. The van der Waals surface area contributed by atoms with Crippen LogP contribution in [-0.4, -0.2) is 31.8 Å². The fourth-order valence-corrected chi connectivity index (χ4v) is 2.62. The van der Waals surface area contributed by atoms with Crippen LogP contribution in [0.15, 0.2) is 29.4 Å². The van der Waals surface area contributed by atoms with Crippen molar-refractivity contribution >= 4 is 17.7 Å². The third kappa shape index (κ3) is 4.86. The van der Waals surface area contributed by atoms with Gasteiger partial charge in [0.1, 0.15) is 5.82 Å². The van der Waals surface area contributed by atoms with Gasteiger partial charge in [-0.25, -0.2) is 9.97 Å². The number of aryl methyl sites for hydroxylation is 1. The van der Waals surface area contributed by atoms with Crippen molar-refractivity contribution in [3.05, 3.63) is 36.0 Å². The lowest BCUT2D eigenvalue weighted by Crippen LogP contribution is -2.29. The number of aromatic amines is 1. The number of amides is 1. The van der Waals surface area contributed by atoms with Gasteiger partial charge >= 0.3 is 0 Å². The molecule has 7 heteroatoms. The molecule has 21 heavy (non-hydrogen) atoms. The highest BCUT2D eigenvalue weighted by Crippen LogP contribution is 2.16. The predicted molar refractivity (Wildman–Crippen MR) is 81.9 cm³/mol. The van der Waals surface area contributed by atoms with Crippen LogP contribution in [0.25, 0.3) is 0 Å². The molecule has 0 bridgehead atoms. The van der Waals surface area contributed by atoms with Gasteiger partial charge in [-0.1, -0.05) is 13.0 Å². The number of hydrogen-bond acceptors (Lipinski definition) is 5. The summed E-state index contributed by atoms with van der Waals surface area (Å²) in [6.45, 7) is 3.84. The first-order valence-electron chi connectivity index (χ1n) is 6.91. The summed E-state index contributed by atoms with van der Waals surface area (Å²) in [6, 6.07) is 5.62. The standard InChI is InChI=1S/C14H19N5OS/c1-3-11(14-16-10(2)18-19-14)17-12(20)7-9-21-13-6-4-5-8-15-13/h4-6,8,11H,3,7,9H2,1-2H3,(H,17,20)(H,16,18,19). The third-order valence-corrected chi connectivity index (χ3v) is 3.83. The van der Waals surface area contributed by atoms with Crippen molar-refractivity contribution in [1.29, 1.82) is 0 Å². The first-order valence-corrected chi connectivity index (χ1v) is 7.89. The molecule has 0 aliphatic heterocycles. The zero-order chi connectivity index (χ0) is 15.1. The fourth-order valence-electron chi connectivity index (χ4n) is 1.81. The lowest BCUT2D eigenvalue weighted by molar-refractivity contribution is -0.121. The van der Waals surface area contributed by atoms with Crippen molar-refractivity contribution in [3.8, 4) is 0 Å². The monoisotopic (exact) mass is 305 g/mol. The first kappa shape index (κ1) is 15.5. The molecular formula is C14H19N5OS. The maximum absolute atomic E-state index is 12.0. The Morgan fingerprint density at radius 3 is 2.95 bits per heavy atom. The van der Waals surface area contributed by atoms with Crippen molar-refractivity contribution < 1.29 is 4.79 Å². The quantitative estimate of drug-likeness (QED) is 0.767. The molecule has 0 saturated carbocycles. The molecule has 6 nitrogen and oxygen atoms in total. The van der Waals surface area contributed by atoms with Gasteiger partial charge in [-0.2, -0.15) is 5.10 Å². The lowest BCUT2D eigenvalue weighted by Gasteiger charge is -2.13. The van der Waals surface area contributed by atoms with E-state index in [1.54, 1.807) is 18.0 Å². The molecule has 0 aliphatic rings. The minimum atomic E-state index is -0.137. The Hall–Kier alpha value is -1.89. The van der Waals surface area contributed by atoms with E-state index < -0.39 is 0 Å². The number of nitrogens with zero attached hydrogens (tertiary/aromatic N) is 3. The van der Waals surface area contributed by atoms with Crippen molar-refractivity contribution in [2.45, 2.75) is 37.8 Å². The van der Waals surface area contributed by atoms with Crippen LogP contribution in [0.2, 0.25) is 0 Å². The highest BCUT2D eigenvalue weighted by atomic mass is 32.2. The number of carbonyl (C=O) groups excluding carboxylic acids is 1. The predicted octanol–water partition coefficient (Wildman–Crippen LogP) is 2.26. The van der Waals surface area contributed by atoms with Gasteiger partial charge in [-0.15, -0.1) is 11.8 Å². The molecule has 2 heterocycles. The van der Waals surface area contributed by atoms with Crippen LogP contribution >= 0.6 is 11.8 Å². The topological polar surface area (TPSA) is 83.6 Å². The van der Waals surface area contributed by atoms with Crippen molar-refractivity contribution in [3.63, 3.8) is 0 Å². The maximum atomic E-state index is 12.0. The lowest BCUT2D eigenvalue weighted by atomic mass is 10.2. The molecule has 0 aliphatic carbocycles. The summed E-state index contributed by atoms with van der Waals surface area (Å²) in [5, 5.41) is 10.8. The summed E-state index contributed by atoms with van der Waals surface area (Å²) in [7, 11) is 0. The molecule has 0 aromatic carbocycles. The molecule has 2 aromatic rings. The number of rotatable bonds is 7. The van der Waals surface area contributed by atoms with Crippen LogP contribution in [0, 0.1) is 6.92 Å². The van der Waals surface area contributed by atoms with Gasteiger partial charge in [-0.05, 0) is 25.5 Å². The second-order valence-electron chi connectivity index (χ2n) is 4.57. The molecule has 0 fully saturated rings. The highest BCUT2D eigenvalue weighted by Gasteiger charge is 2.16. The molecule has 2 N–H and O–H groups in total. The fraction of sp³-hybridized carbons (Fsp3) is 0.429. The Morgan fingerprint density at radius 2 is 2.33 bits per heavy atom. The van der Waals surface area contributed by atoms with Crippen LogP contribution in [0.1, 0.15) is 37.5 Å². The molecule has 0 spiro atoms. The zero-order valence-corrected chi connectivity index (χ0v) is 13.0. The summed E-state index contributed by atoms with van der Waals surface area (Å²) in [5.74, 6) is 2.10. The van der Waals surface area contributed by atoms with Crippen LogP contribution in [0.4, 0.5) is 0 Å². The molecule has 1 unspecified atom stereocenters. The SMILES string of the molecule is CCC(NC(=O)CCSc1ccccn1)c1n[nH]c(C)n1. The molecule has 112 valence electrons. The number of hydrogen-bond donors (Lipinski definition) is 2. The van der Waals surface area contributed by atoms with Crippen LogP contribution in [0.5, 0.6) is 0 Å². The van der Waals surface area contributed by atoms with Crippen LogP contribution in [-0.2, 0) is 4.79 Å². The highest BCUT2D eigenvalue weighted by molar-refractivity contribution is 7.99. The van der Waals surface area contributed by atoms with E-state index in [0.29, 0.717) is 18.0 Å². The Bertz CT molecular complexity index is 572. The number of pyridine rings is 1. The number of aromatic nitrogens is 4. The van der Waals surface area contributed by atoms with E-state index in [1.807, 2.05) is 32.0 Å². The summed E-state index contributed by atoms with van der Waals surface area (Å²) in [5.41, 5.74) is 0. The largest absolute Gasteiger partial charge is 0.346 e. The molecule has 2 aromatic heterocycles. The zero-order valence-electron chi connectivity index (χ0n) is 12.2. The maximum Gasteiger partial charge on any atom is 0.221 e. The molecule has 2 rings (SSSR count). The summed E-state index contributed by atoms with van der Waals surface area (Å²) in [6.07, 6.45) is 2.96. The van der Waals surface area contributed by atoms with E-state index in [2.05, 4.69) is 25.5 Å². The van der Waals surface area contributed by atoms with Crippen LogP contribution < -0.4 is 5.32 Å². The van der Waals surface area contributed by atoms with E-state index in [0.717, 1.165) is 17.3 Å². The Kier molecular flexibility index (Phi) is 5.74. The Labute approximate surface area is 128 Å². The van der Waals surface area contributed by atoms with Gasteiger partial charge in [-0.3, -0.25) is 9.89 Å². The molecule has 1 amide bonds. The minimum absolute atomic E-state index is 0.00716. The Morgan fingerprint density at radius 1 is 1.48 bits per heavy atom. The second-order valence-corrected chi connectivity index (χ2v) is 5.69. The summed E-state index contributed by atoms with van der Waals surface area (Å²) >= 11 is 1.57. The number of nitrogens with one attached hydrogen (secondary N) is 2. The number of H-pyrrole nitrogens is 1. The van der Waals surface area contributed by atoms with Gasteiger partial charge in [0, 0.05) is 18.4 Å². The second kappa shape index (κ2) is 7.78. The molecular weight excluding hydrogens is 286 g/mol. The molecule has 1 atom stereocenters. The third-order valence-electron chi connectivity index (χ3n) is 2.89. The summed E-state index contributed by atoms with van der Waals surface area (Å²) < 4.78 is 0. The van der Waals surface area contributed by atoms with Crippen molar-refractivity contribution in [1.82, 2.24) is 25.5 Å². The number of carbonyl (C=O) groups is 1. The van der Waals surface area contributed by atoms with Gasteiger partial charge in [0.05, 0.1) is 11.1 Å². The molecule has 0 saturated heterocycles. The van der Waals surface area contributed by atoms with Crippen molar-refractivity contribution in [2.24, 2.45) is 0 Å². The summed E-state index contributed by atoms with van der Waals surface area (Å²) in [4.78, 5) is 20.4. The van der Waals surface area contributed by atoms with Crippen LogP contribution in [0.3, 0.4) is 0 Å². The molecule has 0 radical (unpaired) electrons.